The van der Waals surface area contributed by atoms with Gasteiger partial charge >= 0.3 is 0 Å². The normalized spacial score (nSPS) is 15.9. The Labute approximate surface area is 102 Å². The van der Waals surface area contributed by atoms with Gasteiger partial charge in [-0.15, -0.1) is 0 Å². The van der Waals surface area contributed by atoms with Crippen LogP contribution < -0.4 is 5.32 Å². The zero-order valence-electron chi connectivity index (χ0n) is 11.3. The Kier molecular flexibility index (Phi) is 7.87. The van der Waals surface area contributed by atoms with Gasteiger partial charge in [0, 0.05) is 6.54 Å². The minimum absolute atomic E-state index is 1.04. The molecule has 1 N–H and O–H groups in total. The largest absolute Gasteiger partial charge is 0.317 e. The summed E-state index contributed by atoms with van der Waals surface area (Å²) >= 11 is 0. The molecule has 96 valence electrons. The van der Waals surface area contributed by atoms with E-state index in [0.717, 1.165) is 5.92 Å². The van der Waals surface area contributed by atoms with Crippen LogP contribution in [0.5, 0.6) is 0 Å². The lowest BCUT2D eigenvalue weighted by Gasteiger charge is -2.15. The van der Waals surface area contributed by atoms with Crippen molar-refractivity contribution in [1.29, 1.82) is 0 Å². The van der Waals surface area contributed by atoms with Gasteiger partial charge in [0.1, 0.15) is 0 Å². The van der Waals surface area contributed by atoms with Crippen LogP contribution in [0.3, 0.4) is 0 Å². The third-order valence-electron chi connectivity index (χ3n) is 3.34. The lowest BCUT2D eigenvalue weighted by Crippen LogP contribution is -2.22. The first kappa shape index (κ1) is 14.0. The van der Waals surface area contributed by atoms with Crippen LogP contribution in [0.25, 0.3) is 0 Å². The van der Waals surface area contributed by atoms with E-state index in [9.17, 15) is 0 Å². The van der Waals surface area contributed by atoms with Crippen LogP contribution in [0, 0.1) is 5.92 Å². The molecule has 0 amide bonds. The van der Waals surface area contributed by atoms with E-state index in [4.69, 9.17) is 0 Å². The molecule has 16 heavy (non-hydrogen) atoms. The fourth-order valence-electron chi connectivity index (χ4n) is 2.12. The van der Waals surface area contributed by atoms with E-state index < -0.39 is 0 Å². The number of unbranched alkanes of at least 4 members (excludes halogenated alkanes) is 3. The van der Waals surface area contributed by atoms with Crippen LogP contribution in [0.4, 0.5) is 0 Å². The highest BCUT2D eigenvalue weighted by atomic mass is 15.1. The third-order valence-corrected chi connectivity index (χ3v) is 3.34. The summed E-state index contributed by atoms with van der Waals surface area (Å²) in [7, 11) is 2.28. The van der Waals surface area contributed by atoms with Crippen molar-refractivity contribution in [3.05, 3.63) is 0 Å². The van der Waals surface area contributed by atoms with Crippen molar-refractivity contribution in [2.45, 2.75) is 51.9 Å². The minimum Gasteiger partial charge on any atom is -0.317 e. The second-order valence-electron chi connectivity index (χ2n) is 5.37. The molecule has 0 bridgehead atoms. The molecule has 0 unspecified atom stereocenters. The fraction of sp³-hybridized carbons (Fsp3) is 1.00. The Bertz CT molecular complexity index is 155. The van der Waals surface area contributed by atoms with Gasteiger partial charge in [0.25, 0.3) is 0 Å². The maximum atomic E-state index is 3.46. The van der Waals surface area contributed by atoms with Crippen LogP contribution in [0.2, 0.25) is 0 Å². The SMILES string of the molecule is CCCNCCCCCCN(C)CC1CC1. The summed E-state index contributed by atoms with van der Waals surface area (Å²) in [5, 5.41) is 3.46. The molecular formula is C14H30N2. The molecule has 2 nitrogen and oxygen atoms in total. The van der Waals surface area contributed by atoms with Gasteiger partial charge in [0.2, 0.25) is 0 Å². The lowest BCUT2D eigenvalue weighted by molar-refractivity contribution is 0.311. The molecule has 0 radical (unpaired) electrons. The highest BCUT2D eigenvalue weighted by Gasteiger charge is 2.22. The predicted octanol–water partition coefficient (Wildman–Crippen LogP) is 2.89. The summed E-state index contributed by atoms with van der Waals surface area (Å²) in [6.07, 6.45) is 9.76. The molecular weight excluding hydrogens is 196 g/mol. The molecule has 0 saturated heterocycles. The Morgan fingerprint density at radius 1 is 1.06 bits per heavy atom. The summed E-state index contributed by atoms with van der Waals surface area (Å²) in [4.78, 5) is 2.52. The van der Waals surface area contributed by atoms with Gasteiger partial charge in [-0.3, -0.25) is 0 Å². The van der Waals surface area contributed by atoms with Crippen molar-refractivity contribution in [2.75, 3.05) is 33.2 Å². The topological polar surface area (TPSA) is 15.3 Å². The third kappa shape index (κ3) is 8.12. The zero-order valence-corrected chi connectivity index (χ0v) is 11.3. The lowest BCUT2D eigenvalue weighted by atomic mass is 10.2. The Morgan fingerprint density at radius 2 is 1.81 bits per heavy atom. The summed E-state index contributed by atoms with van der Waals surface area (Å²) in [6.45, 7) is 7.27. The van der Waals surface area contributed by atoms with E-state index in [1.807, 2.05) is 0 Å². The van der Waals surface area contributed by atoms with E-state index in [2.05, 4.69) is 24.2 Å². The van der Waals surface area contributed by atoms with Crippen molar-refractivity contribution in [3.63, 3.8) is 0 Å². The molecule has 0 atom stereocenters. The van der Waals surface area contributed by atoms with Crippen molar-refractivity contribution < 1.29 is 0 Å². The first-order valence-corrected chi connectivity index (χ1v) is 7.22. The molecule has 0 aliphatic heterocycles. The van der Waals surface area contributed by atoms with Gasteiger partial charge in [-0.25, -0.2) is 0 Å². The number of nitrogens with one attached hydrogen (secondary N) is 1. The van der Waals surface area contributed by atoms with Crippen molar-refractivity contribution >= 4 is 0 Å². The van der Waals surface area contributed by atoms with E-state index in [1.165, 1.54) is 71.1 Å². The standard InChI is InChI=1S/C14H30N2/c1-3-10-15-11-6-4-5-7-12-16(2)13-14-8-9-14/h14-15H,3-13H2,1-2H3. The first-order chi connectivity index (χ1) is 7.83. The van der Waals surface area contributed by atoms with E-state index >= 15 is 0 Å². The smallest absolute Gasteiger partial charge is 0.000661 e. The molecule has 1 rings (SSSR count). The molecule has 0 heterocycles. The molecule has 1 saturated carbocycles. The highest BCUT2D eigenvalue weighted by molar-refractivity contribution is 4.75. The molecule has 1 aliphatic carbocycles. The van der Waals surface area contributed by atoms with Crippen LogP contribution >= 0.6 is 0 Å². The van der Waals surface area contributed by atoms with Gasteiger partial charge in [-0.2, -0.15) is 0 Å². The van der Waals surface area contributed by atoms with Crippen LogP contribution in [0.15, 0.2) is 0 Å². The van der Waals surface area contributed by atoms with Gasteiger partial charge in [-0.1, -0.05) is 19.8 Å². The molecule has 1 aliphatic rings. The van der Waals surface area contributed by atoms with Crippen molar-refractivity contribution in [2.24, 2.45) is 5.92 Å². The Morgan fingerprint density at radius 3 is 2.50 bits per heavy atom. The number of hydrogen-bond donors (Lipinski definition) is 1. The number of rotatable bonds is 11. The van der Waals surface area contributed by atoms with Gasteiger partial charge in [0.05, 0.1) is 0 Å². The predicted molar refractivity (Wildman–Crippen MR) is 71.8 cm³/mol. The molecule has 1 fully saturated rings. The van der Waals surface area contributed by atoms with Gasteiger partial charge in [0.15, 0.2) is 0 Å². The molecule has 0 aromatic rings. The average molecular weight is 226 g/mol. The number of nitrogens with zero attached hydrogens (tertiary/aromatic N) is 1. The summed E-state index contributed by atoms with van der Waals surface area (Å²) in [5.74, 6) is 1.04. The molecule has 0 aromatic heterocycles. The van der Waals surface area contributed by atoms with Crippen molar-refractivity contribution in [1.82, 2.24) is 10.2 Å². The Hall–Kier alpha value is -0.0800. The highest BCUT2D eigenvalue weighted by Crippen LogP contribution is 2.29. The molecule has 2 heteroatoms. The molecule has 0 spiro atoms. The van der Waals surface area contributed by atoms with E-state index in [-0.39, 0.29) is 0 Å². The second-order valence-corrected chi connectivity index (χ2v) is 5.37. The second kappa shape index (κ2) is 9.00. The van der Waals surface area contributed by atoms with Gasteiger partial charge < -0.3 is 10.2 Å². The van der Waals surface area contributed by atoms with E-state index in [0.29, 0.717) is 0 Å². The maximum absolute atomic E-state index is 3.46. The van der Waals surface area contributed by atoms with E-state index in [1.54, 1.807) is 0 Å². The van der Waals surface area contributed by atoms with Crippen molar-refractivity contribution in [3.8, 4) is 0 Å². The summed E-state index contributed by atoms with van der Waals surface area (Å²) in [5.41, 5.74) is 0. The van der Waals surface area contributed by atoms with Crippen LogP contribution in [-0.2, 0) is 0 Å². The molecule has 0 aromatic carbocycles. The fourth-order valence-corrected chi connectivity index (χ4v) is 2.12. The number of hydrogen-bond acceptors (Lipinski definition) is 2. The van der Waals surface area contributed by atoms with Gasteiger partial charge in [-0.05, 0) is 64.7 Å². The van der Waals surface area contributed by atoms with Crippen LogP contribution in [0.1, 0.15) is 51.9 Å². The quantitative estimate of drug-likeness (QED) is 0.545. The summed E-state index contributed by atoms with van der Waals surface area (Å²) in [6, 6.07) is 0. The monoisotopic (exact) mass is 226 g/mol. The zero-order chi connectivity index (χ0) is 11.6. The summed E-state index contributed by atoms with van der Waals surface area (Å²) < 4.78 is 0. The maximum Gasteiger partial charge on any atom is 0.000661 e. The average Bonchev–Trinajstić information content (AvgIpc) is 3.06. The Balaban J connectivity index is 1.73. The first-order valence-electron chi connectivity index (χ1n) is 7.22. The minimum atomic E-state index is 1.04. The van der Waals surface area contributed by atoms with Crippen LogP contribution in [-0.4, -0.2) is 38.1 Å².